The Kier molecular flexibility index (Phi) is 30.3. The second-order valence-corrected chi connectivity index (χ2v) is 27.6. The number of primary amides is 1. The van der Waals surface area contributed by atoms with Crippen molar-refractivity contribution in [3.8, 4) is 23.0 Å². The molecule has 0 aromatic heterocycles. The van der Waals surface area contributed by atoms with Crippen molar-refractivity contribution in [1.29, 1.82) is 0 Å². The van der Waals surface area contributed by atoms with Crippen LogP contribution in [0, 0.1) is 60.2 Å². The predicted octanol–water partition coefficient (Wildman–Crippen LogP) is -3.19. The molecule has 0 aliphatic carbocycles. The number of aliphatic hydroxyl groups excluding tert-OH is 8. The standard InChI is InChI=1S/C69H100N10O26/c1-26(2)37-21-40(83)39(25-81)75-63(97)38(74-67(101)49(68(102)103)79-64(98)41(84)23-73-65(99)45(35(11)82)76-66(100)48(78-62(37)96)55(90)56(91)59(70)93)22-72-60(94)28(4)17-14-19-71-46-47-54(89)43-42(53(46)88)44-57(34(10)52(43)87)105-69(12,58(44)92)104-20-18-36(24-80)31(7)30(6)32(8)51(86)33(9)50(85)27(3)15-13-16-29(5)61(95)77-47/h13,15-16,18,20,26-28,30-33,35-39,41,45,48-51,55-56,71,80-82,84-91H,14,17,19,21-25H2,1-12H3,(H2,70,93)(H,72,94)(H,73,99)(H,74,101)(H,75,97)(H,76,100)(H,77,95)(H,78,96)(H,79,98)(H,102,103)/b15-13+,20-18+,29-16-/t27-,28?,30+,31-,32-,33+,35?,36+,37?,38?,39?,41?,45?,48?,49?,50-,51-,55?,56?,69-/m0/s1. The number of rotatable bonds is 16. The Morgan fingerprint density at radius 1 is 0.714 bits per heavy atom. The molecule has 582 valence electrons. The number of aliphatic carboxylic acids is 1. The van der Waals surface area contributed by atoms with Gasteiger partial charge in [0.15, 0.2) is 17.6 Å². The van der Waals surface area contributed by atoms with E-state index < -0.39 is 250 Å². The van der Waals surface area contributed by atoms with Gasteiger partial charge in [-0.15, -0.1) is 0 Å². The average Bonchev–Trinajstić information content (AvgIpc) is 1.64. The minimum Gasteiger partial charge on any atom is -0.507 e. The van der Waals surface area contributed by atoms with Crippen molar-refractivity contribution < 1.29 is 128 Å². The predicted molar refractivity (Wildman–Crippen MR) is 371 cm³/mol. The number of phenols is 3. The summed E-state index contributed by atoms with van der Waals surface area (Å²) < 4.78 is 12.1. The fourth-order valence-electron chi connectivity index (χ4n) is 12.3. The van der Waals surface area contributed by atoms with Crippen LogP contribution in [-0.2, 0) is 57.5 Å². The fourth-order valence-corrected chi connectivity index (χ4v) is 12.3. The summed E-state index contributed by atoms with van der Waals surface area (Å²) in [5.41, 5.74) is 3.78. The second-order valence-electron chi connectivity index (χ2n) is 27.6. The number of carboxylic acids is 1. The van der Waals surface area contributed by atoms with Crippen LogP contribution in [0.25, 0.3) is 10.8 Å². The number of ether oxygens (including phenoxy) is 2. The van der Waals surface area contributed by atoms with Gasteiger partial charge in [-0.3, -0.25) is 52.7 Å². The summed E-state index contributed by atoms with van der Waals surface area (Å²) in [6, 6.07) is -11.3. The molecule has 20 atom stereocenters. The number of hydrogen-bond donors (Lipinski definition) is 22. The molecule has 23 N–H and O–H groups in total. The number of anilines is 2. The van der Waals surface area contributed by atoms with Gasteiger partial charge < -0.3 is 124 Å². The van der Waals surface area contributed by atoms with Gasteiger partial charge >= 0.3 is 11.8 Å². The lowest BCUT2D eigenvalue weighted by atomic mass is 9.72. The maximum absolute atomic E-state index is 14.7. The first-order chi connectivity index (χ1) is 49.0. The van der Waals surface area contributed by atoms with Gasteiger partial charge in [0.1, 0.15) is 65.0 Å². The summed E-state index contributed by atoms with van der Waals surface area (Å²) in [7, 11) is 0. The second kappa shape index (κ2) is 36.9. The first-order valence-corrected chi connectivity index (χ1v) is 34.2. The van der Waals surface area contributed by atoms with Crippen molar-refractivity contribution in [2.24, 2.45) is 59.0 Å². The van der Waals surface area contributed by atoms with Crippen molar-refractivity contribution in [2.75, 3.05) is 43.5 Å². The molecule has 9 amide bonds. The summed E-state index contributed by atoms with van der Waals surface area (Å²) in [5.74, 6) is -27.6. The molecule has 2 aromatic rings. The number of nitrogens with one attached hydrogen (secondary N) is 9. The molecule has 36 heteroatoms. The van der Waals surface area contributed by atoms with Crippen LogP contribution in [0.5, 0.6) is 23.0 Å². The van der Waals surface area contributed by atoms with E-state index in [-0.39, 0.29) is 60.3 Å². The summed E-state index contributed by atoms with van der Waals surface area (Å²) in [6.07, 6.45) is -5.41. The molecule has 105 heavy (non-hydrogen) atoms. The number of β-amino-alcohol motifs (C(OH)–C–C–N with tert-alkyl or cyclic N) is 1. The average molecular weight is 1490 g/mol. The van der Waals surface area contributed by atoms with Gasteiger partial charge in [-0.1, -0.05) is 73.6 Å². The zero-order valence-electron chi connectivity index (χ0n) is 60.3. The molecule has 2 aromatic carbocycles. The first-order valence-electron chi connectivity index (χ1n) is 34.2. The monoisotopic (exact) mass is 1480 g/mol. The molecule has 0 radical (unpaired) electrons. The number of hydrogen-bond acceptors (Lipinski definition) is 26. The lowest BCUT2D eigenvalue weighted by Crippen LogP contribution is -2.64. The molecule has 4 aliphatic heterocycles. The van der Waals surface area contributed by atoms with Gasteiger partial charge in [0.2, 0.25) is 41.5 Å². The lowest BCUT2D eigenvalue weighted by Gasteiger charge is -2.37. The van der Waals surface area contributed by atoms with Crippen molar-refractivity contribution in [3.05, 3.63) is 47.3 Å². The van der Waals surface area contributed by atoms with Gasteiger partial charge in [0.25, 0.3) is 23.5 Å². The van der Waals surface area contributed by atoms with E-state index in [0.717, 1.165) is 13.2 Å². The first kappa shape index (κ1) is 86.1. The molecular formula is C69H100N10O26. The molecule has 5 bridgehead atoms. The van der Waals surface area contributed by atoms with E-state index in [1.54, 1.807) is 25.2 Å². The zero-order valence-corrected chi connectivity index (χ0v) is 60.3. The highest BCUT2D eigenvalue weighted by Gasteiger charge is 2.50. The van der Waals surface area contributed by atoms with E-state index >= 15 is 0 Å². The third-order valence-corrected chi connectivity index (χ3v) is 19.8. The van der Waals surface area contributed by atoms with Crippen molar-refractivity contribution in [2.45, 2.75) is 175 Å². The summed E-state index contributed by atoms with van der Waals surface area (Å²) in [4.78, 5) is 164. The third-order valence-electron chi connectivity index (χ3n) is 19.8. The number of allylic oxidation sites excluding steroid dienone is 2. The van der Waals surface area contributed by atoms with E-state index in [1.165, 1.54) is 59.8 Å². The Morgan fingerprint density at radius 2 is 1.34 bits per heavy atom. The van der Waals surface area contributed by atoms with Crippen molar-refractivity contribution >= 4 is 92.8 Å². The highest BCUT2D eigenvalue weighted by atomic mass is 16.7. The van der Waals surface area contributed by atoms with E-state index in [1.807, 2.05) is 36.7 Å². The van der Waals surface area contributed by atoms with Crippen LogP contribution in [0.15, 0.2) is 36.1 Å². The molecule has 4 heterocycles. The van der Waals surface area contributed by atoms with Crippen molar-refractivity contribution in [1.82, 2.24) is 37.2 Å². The number of benzene rings is 2. The van der Waals surface area contributed by atoms with Crippen LogP contribution in [0.2, 0.25) is 0 Å². The number of carbonyl (C=O) groups excluding carboxylic acids is 11. The Hall–Kier alpha value is -9.56. The Balaban J connectivity index is 1.49. The van der Waals surface area contributed by atoms with E-state index in [2.05, 4.69) is 26.6 Å². The maximum atomic E-state index is 14.7. The Labute approximate surface area is 604 Å². The highest BCUT2D eigenvalue weighted by molar-refractivity contribution is 6.24. The molecule has 1 fully saturated rings. The van der Waals surface area contributed by atoms with E-state index in [0.29, 0.717) is 0 Å². The van der Waals surface area contributed by atoms with Crippen LogP contribution < -0.4 is 58.3 Å². The highest BCUT2D eigenvalue weighted by Crippen LogP contribution is 2.57. The van der Waals surface area contributed by atoms with Gasteiger partial charge in [-0.2, -0.15) is 0 Å². The van der Waals surface area contributed by atoms with Gasteiger partial charge in [-0.05, 0) is 63.4 Å². The van der Waals surface area contributed by atoms with Crippen LogP contribution in [0.4, 0.5) is 11.4 Å². The smallest absolute Gasteiger partial charge is 0.336 e. The number of carboxylic acid groups (broad SMARTS) is 1. The topological polar surface area (TPSA) is 600 Å². The van der Waals surface area contributed by atoms with Gasteiger partial charge in [0, 0.05) is 79.2 Å². The maximum Gasteiger partial charge on any atom is 0.336 e. The molecule has 36 nitrogen and oxygen atoms in total. The molecular weight excluding hydrogens is 1380 g/mol. The minimum absolute atomic E-state index is 0.0108. The number of amides is 9. The number of nitrogens with two attached hydrogens (primary N) is 1. The Bertz CT molecular complexity index is 3710. The summed E-state index contributed by atoms with van der Waals surface area (Å²) in [5, 5.41) is 152. The number of aromatic hydroxyl groups is 3. The molecule has 4 aliphatic rings. The van der Waals surface area contributed by atoms with Crippen LogP contribution in [-0.4, -0.2) is 237 Å². The fraction of sp³-hybridized carbons (Fsp3) is 0.594. The lowest BCUT2D eigenvalue weighted by molar-refractivity contribution is -0.148. The van der Waals surface area contributed by atoms with Gasteiger partial charge in [-0.25, -0.2) is 4.79 Å². The third kappa shape index (κ3) is 20.3. The number of Topliss-reactive ketones (excluding diaryl/α,β-unsaturated/α-hetero) is 2. The zero-order chi connectivity index (χ0) is 79.3. The van der Waals surface area contributed by atoms with E-state index in [4.69, 9.17) is 15.2 Å². The normalized spacial score (nSPS) is 30.7. The number of fused-ring (bicyclic) bond motifs is 14. The van der Waals surface area contributed by atoms with Crippen molar-refractivity contribution in [3.63, 3.8) is 0 Å². The van der Waals surface area contributed by atoms with E-state index in [9.17, 15) is 119 Å². The molecule has 1 saturated heterocycles. The summed E-state index contributed by atoms with van der Waals surface area (Å²) in [6.45, 7) is 14.2. The number of aliphatic hydroxyl groups is 8. The van der Waals surface area contributed by atoms with Crippen LogP contribution >= 0.6 is 0 Å². The number of ketones is 2. The van der Waals surface area contributed by atoms with Crippen LogP contribution in [0.1, 0.15) is 111 Å². The number of phenolic OH excluding ortho intramolecular Hbond substituents is 3. The molecule has 6 rings (SSSR count). The van der Waals surface area contributed by atoms with Crippen LogP contribution in [0.3, 0.4) is 0 Å². The largest absolute Gasteiger partial charge is 0.507 e. The minimum atomic E-state index is -2.68. The van der Waals surface area contributed by atoms with Gasteiger partial charge in [0.05, 0.1) is 48.7 Å². The quantitative estimate of drug-likeness (QED) is 0.0341. The summed E-state index contributed by atoms with van der Waals surface area (Å²) >= 11 is 0. The molecule has 0 spiro atoms. The Morgan fingerprint density at radius 3 is 1.93 bits per heavy atom. The molecule has 0 saturated carbocycles. The molecule has 11 unspecified atom stereocenters. The SMILES string of the molecule is C/C1=C/C=C/[C@H](C)[C@H](O)[C@@H](C)[C@@H](O)[C@@H](C)[C@H](C)[C@H](C)[C@@H](CO)/C=C/O[C@@]2(C)Oc3c(C)c(O)c4c(O)c(c(NCCCC(C)C(=O)NCC5NC(=O)C(C(=O)O)NC(=O)C(O)CNC(=O)C(C(C)O)NC(=O)C(C(O)C(O)C(N)=O)NC(=O)C(C(C)C)CC(=O)C(CO)NC5=O)c(O)c4c3C2=O)NC1=O. The number of carbonyl (C=O) groups is 12.